The van der Waals surface area contributed by atoms with Gasteiger partial charge in [0.25, 0.3) is 0 Å². The van der Waals surface area contributed by atoms with Crippen LogP contribution in [-0.2, 0) is 19.1 Å². The van der Waals surface area contributed by atoms with E-state index < -0.39 is 5.97 Å². The Balaban J connectivity index is 2.88. The minimum Gasteiger partial charge on any atom is -0.466 e. The van der Waals surface area contributed by atoms with Crippen LogP contribution >= 0.6 is 0 Å². The highest BCUT2D eigenvalue weighted by Gasteiger charge is 2.21. The number of esters is 1. The third-order valence-electron chi connectivity index (χ3n) is 2.31. The number of carbonyl (C=O) groups is 3. The van der Waals surface area contributed by atoms with Gasteiger partial charge in [-0.2, -0.15) is 0 Å². The third kappa shape index (κ3) is 3.44. The molecule has 18 heavy (non-hydrogen) atoms. The van der Waals surface area contributed by atoms with Gasteiger partial charge in [-0.15, -0.1) is 0 Å². The Kier molecular flexibility index (Phi) is 4.65. The zero-order valence-electron chi connectivity index (χ0n) is 10.7. The molecule has 6 heteroatoms. The van der Waals surface area contributed by atoms with Crippen molar-refractivity contribution in [3.63, 3.8) is 0 Å². The van der Waals surface area contributed by atoms with E-state index in [4.69, 9.17) is 4.74 Å². The fourth-order valence-corrected chi connectivity index (χ4v) is 1.49. The summed E-state index contributed by atoms with van der Waals surface area (Å²) in [6, 6.07) is 0. The Morgan fingerprint density at radius 2 is 1.83 bits per heavy atom. The van der Waals surface area contributed by atoms with Gasteiger partial charge in [-0.3, -0.25) is 24.2 Å². The highest BCUT2D eigenvalue weighted by atomic mass is 16.5. The molecule has 1 rings (SSSR count). The number of nitrogens with zero attached hydrogens (tertiary/aromatic N) is 2. The molecule has 2 amide bonds. The predicted octanol–water partition coefficient (Wildman–Crippen LogP) is 0.963. The number of carbonyl (C=O) groups excluding carboxylic acids is 3. The molecule has 98 valence electrons. The molecule has 0 aliphatic carbocycles. The molecule has 0 N–H and O–H groups in total. The van der Waals surface area contributed by atoms with Crippen molar-refractivity contribution in [3.05, 3.63) is 24.3 Å². The molecular formula is C12H16N2O4. The second kappa shape index (κ2) is 6.00. The number of hydrogen-bond acceptors (Lipinski definition) is 4. The summed E-state index contributed by atoms with van der Waals surface area (Å²) in [5.41, 5.74) is 0.415. The smallest absolute Gasteiger partial charge is 0.311 e. The van der Waals surface area contributed by atoms with E-state index in [9.17, 15) is 14.4 Å². The first-order valence-electron chi connectivity index (χ1n) is 5.59. The molecule has 0 spiro atoms. The minimum atomic E-state index is -0.436. The van der Waals surface area contributed by atoms with Gasteiger partial charge < -0.3 is 4.74 Å². The van der Waals surface area contributed by atoms with E-state index in [1.165, 1.54) is 42.2 Å². The predicted molar refractivity (Wildman–Crippen MR) is 63.5 cm³/mol. The van der Waals surface area contributed by atoms with Crippen LogP contribution in [0.2, 0.25) is 0 Å². The lowest BCUT2D eigenvalue weighted by Gasteiger charge is -2.26. The highest BCUT2D eigenvalue weighted by molar-refractivity contribution is 5.82. The summed E-state index contributed by atoms with van der Waals surface area (Å²) in [4.78, 5) is 36.7. The number of hydrogen-bond donors (Lipinski definition) is 0. The van der Waals surface area contributed by atoms with Gasteiger partial charge in [0, 0.05) is 32.4 Å². The van der Waals surface area contributed by atoms with Gasteiger partial charge in [-0.25, -0.2) is 0 Å². The van der Waals surface area contributed by atoms with Crippen molar-refractivity contribution in [2.24, 2.45) is 0 Å². The van der Waals surface area contributed by atoms with Gasteiger partial charge in [0.1, 0.15) is 0 Å². The molecule has 0 unspecified atom stereocenters. The summed E-state index contributed by atoms with van der Waals surface area (Å²) in [5.74, 6) is -0.866. The lowest BCUT2D eigenvalue weighted by atomic mass is 10.2. The molecule has 0 aromatic rings. The molecule has 0 bridgehead atoms. The molecule has 6 nitrogen and oxygen atoms in total. The van der Waals surface area contributed by atoms with E-state index in [-0.39, 0.29) is 24.8 Å². The summed E-state index contributed by atoms with van der Waals surface area (Å²) < 4.78 is 4.82. The minimum absolute atomic E-state index is 0.0540. The van der Waals surface area contributed by atoms with Crippen molar-refractivity contribution >= 4 is 17.8 Å². The quantitative estimate of drug-likeness (QED) is 0.702. The Hall–Kier alpha value is -2.11. The first kappa shape index (κ1) is 14.0. The van der Waals surface area contributed by atoms with Crippen molar-refractivity contribution in [2.75, 3.05) is 6.61 Å². The Bertz CT molecular complexity index is 426. The average molecular weight is 252 g/mol. The zero-order chi connectivity index (χ0) is 13.7. The summed E-state index contributed by atoms with van der Waals surface area (Å²) in [5, 5.41) is 0. The highest BCUT2D eigenvalue weighted by Crippen LogP contribution is 2.18. The van der Waals surface area contributed by atoms with E-state index in [1.54, 1.807) is 6.92 Å². The van der Waals surface area contributed by atoms with Gasteiger partial charge in [0.2, 0.25) is 11.8 Å². The topological polar surface area (TPSA) is 66.9 Å². The fraction of sp³-hybridized carbons (Fsp3) is 0.417. The standard InChI is InChI=1S/C12H16N2O4/c1-4-18-12(17)7-11-8-13(9(2)15)5-6-14(11)10(3)16/h5-6,8H,4,7H2,1-3H3. The van der Waals surface area contributed by atoms with Crippen LogP contribution in [0.1, 0.15) is 27.2 Å². The second-order valence-corrected chi connectivity index (χ2v) is 3.72. The van der Waals surface area contributed by atoms with Gasteiger partial charge in [-0.1, -0.05) is 0 Å². The normalized spacial score (nSPS) is 14.3. The van der Waals surface area contributed by atoms with Crippen LogP contribution in [0, 0.1) is 0 Å². The first-order chi connectivity index (χ1) is 8.45. The molecule has 0 atom stereocenters. The molecule has 1 aliphatic heterocycles. The molecule has 0 radical (unpaired) electrons. The number of rotatable bonds is 3. The van der Waals surface area contributed by atoms with Crippen molar-refractivity contribution in [3.8, 4) is 0 Å². The molecular weight excluding hydrogens is 236 g/mol. The second-order valence-electron chi connectivity index (χ2n) is 3.72. The molecule has 0 aromatic heterocycles. The Labute approximate surface area is 105 Å². The van der Waals surface area contributed by atoms with Crippen LogP contribution in [0.5, 0.6) is 0 Å². The van der Waals surface area contributed by atoms with Crippen molar-refractivity contribution in [2.45, 2.75) is 27.2 Å². The zero-order valence-corrected chi connectivity index (χ0v) is 10.7. The van der Waals surface area contributed by atoms with Crippen LogP contribution in [0.3, 0.4) is 0 Å². The van der Waals surface area contributed by atoms with Crippen LogP contribution in [0.15, 0.2) is 24.3 Å². The van der Waals surface area contributed by atoms with E-state index in [2.05, 4.69) is 0 Å². The van der Waals surface area contributed by atoms with Crippen molar-refractivity contribution in [1.29, 1.82) is 0 Å². The SMILES string of the molecule is CCOC(=O)CC1=CN(C(C)=O)C=CN1C(C)=O. The molecule has 0 aromatic carbocycles. The summed E-state index contributed by atoms with van der Waals surface area (Å²) >= 11 is 0. The maximum Gasteiger partial charge on any atom is 0.311 e. The van der Waals surface area contributed by atoms with Crippen molar-refractivity contribution in [1.82, 2.24) is 9.80 Å². The summed E-state index contributed by atoms with van der Waals surface area (Å²) in [6.45, 7) is 4.76. The van der Waals surface area contributed by atoms with Gasteiger partial charge in [0.15, 0.2) is 0 Å². The fourth-order valence-electron chi connectivity index (χ4n) is 1.49. The maximum absolute atomic E-state index is 11.4. The average Bonchev–Trinajstić information content (AvgIpc) is 2.28. The van der Waals surface area contributed by atoms with Gasteiger partial charge in [0.05, 0.1) is 18.7 Å². The third-order valence-corrected chi connectivity index (χ3v) is 2.31. The van der Waals surface area contributed by atoms with E-state index in [1.807, 2.05) is 0 Å². The monoisotopic (exact) mass is 252 g/mol. The van der Waals surface area contributed by atoms with Crippen LogP contribution in [-0.4, -0.2) is 34.2 Å². The summed E-state index contributed by atoms with van der Waals surface area (Å²) in [7, 11) is 0. The van der Waals surface area contributed by atoms with Crippen LogP contribution < -0.4 is 0 Å². The van der Waals surface area contributed by atoms with E-state index in [0.29, 0.717) is 5.70 Å². The van der Waals surface area contributed by atoms with Gasteiger partial charge in [-0.05, 0) is 6.92 Å². The van der Waals surface area contributed by atoms with Crippen molar-refractivity contribution < 1.29 is 19.1 Å². The molecule has 0 saturated heterocycles. The largest absolute Gasteiger partial charge is 0.466 e. The van der Waals surface area contributed by atoms with E-state index >= 15 is 0 Å². The molecule has 1 heterocycles. The number of ether oxygens (including phenoxy) is 1. The van der Waals surface area contributed by atoms with Gasteiger partial charge >= 0.3 is 5.97 Å². The van der Waals surface area contributed by atoms with E-state index in [0.717, 1.165) is 0 Å². The number of amides is 2. The van der Waals surface area contributed by atoms with Crippen LogP contribution in [0.4, 0.5) is 0 Å². The lowest BCUT2D eigenvalue weighted by Crippen LogP contribution is -2.31. The molecule has 0 fully saturated rings. The Morgan fingerprint density at radius 3 is 2.33 bits per heavy atom. The molecule has 1 aliphatic rings. The lowest BCUT2D eigenvalue weighted by molar-refractivity contribution is -0.142. The molecule has 0 saturated carbocycles. The maximum atomic E-state index is 11.4. The first-order valence-corrected chi connectivity index (χ1v) is 5.59. The summed E-state index contributed by atoms with van der Waals surface area (Å²) in [6.07, 6.45) is 4.33. The Morgan fingerprint density at radius 1 is 1.17 bits per heavy atom. The van der Waals surface area contributed by atoms with Crippen LogP contribution in [0.25, 0.3) is 0 Å².